The highest BCUT2D eigenvalue weighted by Gasteiger charge is 2.31. The van der Waals surface area contributed by atoms with Gasteiger partial charge in [-0.25, -0.2) is 9.97 Å². The minimum atomic E-state index is 0.206. The normalized spacial score (nSPS) is 19.2. The van der Waals surface area contributed by atoms with Crippen molar-refractivity contribution in [1.29, 1.82) is 0 Å². The zero-order chi connectivity index (χ0) is 14.4. The van der Waals surface area contributed by atoms with Crippen LogP contribution in [0.1, 0.15) is 66.5 Å². The molecule has 5 heteroatoms. The second-order valence-corrected chi connectivity index (χ2v) is 7.58. The minimum absolute atomic E-state index is 0.206. The standard InChI is InChI=1S/C16H22N4S/c1-10(2)20-9-17-8-13(20)15(18-11-6-7-11)16-19-12-4-3-5-14(12)21-16/h8-11,15,18H,3-7H2,1-2H3. The molecule has 1 saturated carbocycles. The van der Waals surface area contributed by atoms with Crippen LogP contribution in [-0.2, 0) is 12.8 Å². The molecule has 4 nitrogen and oxygen atoms in total. The van der Waals surface area contributed by atoms with Crippen LogP contribution in [0.5, 0.6) is 0 Å². The van der Waals surface area contributed by atoms with E-state index in [4.69, 9.17) is 4.98 Å². The van der Waals surface area contributed by atoms with Crippen LogP contribution in [0.25, 0.3) is 0 Å². The molecule has 1 fully saturated rings. The first-order valence-corrected chi connectivity index (χ1v) is 8.80. The zero-order valence-electron chi connectivity index (χ0n) is 12.7. The van der Waals surface area contributed by atoms with Gasteiger partial charge in [0, 0.05) is 17.0 Å². The highest BCUT2D eigenvalue weighted by atomic mass is 32.1. The maximum absolute atomic E-state index is 4.94. The molecular formula is C16H22N4S. The second-order valence-electron chi connectivity index (χ2n) is 6.47. The van der Waals surface area contributed by atoms with Crippen molar-refractivity contribution in [1.82, 2.24) is 19.9 Å². The molecule has 1 N–H and O–H groups in total. The van der Waals surface area contributed by atoms with Gasteiger partial charge in [-0.2, -0.15) is 0 Å². The number of nitrogens with one attached hydrogen (secondary N) is 1. The third-order valence-electron chi connectivity index (χ3n) is 4.39. The zero-order valence-corrected chi connectivity index (χ0v) is 13.5. The van der Waals surface area contributed by atoms with Gasteiger partial charge in [0.1, 0.15) is 11.0 Å². The quantitative estimate of drug-likeness (QED) is 0.922. The average Bonchev–Trinajstić information content (AvgIpc) is 2.89. The van der Waals surface area contributed by atoms with Gasteiger partial charge in [-0.3, -0.25) is 0 Å². The molecule has 0 bridgehead atoms. The van der Waals surface area contributed by atoms with Gasteiger partial charge >= 0.3 is 0 Å². The van der Waals surface area contributed by atoms with Gasteiger partial charge in [0.05, 0.1) is 23.9 Å². The lowest BCUT2D eigenvalue weighted by Gasteiger charge is -2.20. The number of fused-ring (bicyclic) bond motifs is 1. The summed E-state index contributed by atoms with van der Waals surface area (Å²) in [5.41, 5.74) is 2.59. The van der Waals surface area contributed by atoms with Gasteiger partial charge in [-0.1, -0.05) is 0 Å². The Hall–Kier alpha value is -1.20. The Bertz CT molecular complexity index is 617. The van der Waals surface area contributed by atoms with Gasteiger partial charge in [-0.15, -0.1) is 11.3 Å². The van der Waals surface area contributed by atoms with Crippen LogP contribution in [0, 0.1) is 0 Å². The fourth-order valence-corrected chi connectivity index (χ4v) is 4.30. The molecule has 0 amide bonds. The lowest BCUT2D eigenvalue weighted by atomic mass is 10.2. The molecule has 21 heavy (non-hydrogen) atoms. The Balaban J connectivity index is 1.71. The highest BCUT2D eigenvalue weighted by molar-refractivity contribution is 7.11. The van der Waals surface area contributed by atoms with Crippen molar-refractivity contribution < 1.29 is 0 Å². The average molecular weight is 302 g/mol. The molecule has 0 saturated heterocycles. The van der Waals surface area contributed by atoms with E-state index in [0.717, 1.165) is 6.42 Å². The monoisotopic (exact) mass is 302 g/mol. The third kappa shape index (κ3) is 2.53. The van der Waals surface area contributed by atoms with Crippen molar-refractivity contribution in [2.75, 3.05) is 0 Å². The number of rotatable bonds is 5. The summed E-state index contributed by atoms with van der Waals surface area (Å²) < 4.78 is 2.27. The largest absolute Gasteiger partial charge is 0.330 e. The number of hydrogen-bond acceptors (Lipinski definition) is 4. The van der Waals surface area contributed by atoms with Crippen LogP contribution in [0.2, 0.25) is 0 Å². The minimum Gasteiger partial charge on any atom is -0.330 e. The first-order chi connectivity index (χ1) is 10.2. The lowest BCUT2D eigenvalue weighted by Crippen LogP contribution is -2.27. The van der Waals surface area contributed by atoms with Crippen LogP contribution < -0.4 is 5.32 Å². The Kier molecular flexibility index (Phi) is 3.34. The Morgan fingerprint density at radius 3 is 2.90 bits per heavy atom. The molecule has 2 aromatic rings. The van der Waals surface area contributed by atoms with Gasteiger partial charge in [0.15, 0.2) is 0 Å². The van der Waals surface area contributed by atoms with Gasteiger partial charge in [-0.05, 0) is 46.0 Å². The van der Waals surface area contributed by atoms with E-state index in [1.54, 1.807) is 0 Å². The molecule has 2 aliphatic carbocycles. The van der Waals surface area contributed by atoms with Crippen LogP contribution in [0.15, 0.2) is 12.5 Å². The molecule has 0 spiro atoms. The van der Waals surface area contributed by atoms with Crippen molar-refractivity contribution >= 4 is 11.3 Å². The molecule has 2 aliphatic rings. The lowest BCUT2D eigenvalue weighted by molar-refractivity contribution is 0.510. The number of imidazole rings is 1. The molecule has 112 valence electrons. The number of aryl methyl sites for hydroxylation is 2. The predicted molar refractivity (Wildman–Crippen MR) is 84.8 cm³/mol. The molecule has 2 heterocycles. The topological polar surface area (TPSA) is 42.7 Å². The van der Waals surface area contributed by atoms with Gasteiger partial charge < -0.3 is 9.88 Å². The van der Waals surface area contributed by atoms with Crippen molar-refractivity contribution in [2.45, 2.75) is 64.1 Å². The molecular weight excluding hydrogens is 280 g/mol. The summed E-state index contributed by atoms with van der Waals surface area (Å²) in [6.07, 6.45) is 10.2. The Labute approximate surface area is 129 Å². The molecule has 1 atom stereocenters. The Morgan fingerprint density at radius 2 is 2.19 bits per heavy atom. The summed E-state index contributed by atoms with van der Waals surface area (Å²) in [6, 6.07) is 1.29. The van der Waals surface area contributed by atoms with Crippen LogP contribution in [0.4, 0.5) is 0 Å². The van der Waals surface area contributed by atoms with E-state index in [0.29, 0.717) is 12.1 Å². The fourth-order valence-electron chi connectivity index (χ4n) is 3.07. The van der Waals surface area contributed by atoms with E-state index in [1.807, 2.05) is 23.9 Å². The van der Waals surface area contributed by atoms with E-state index < -0.39 is 0 Å². The summed E-state index contributed by atoms with van der Waals surface area (Å²) in [5, 5.41) is 5.01. The maximum Gasteiger partial charge on any atom is 0.116 e. The van der Waals surface area contributed by atoms with Crippen LogP contribution >= 0.6 is 11.3 Å². The van der Waals surface area contributed by atoms with E-state index in [-0.39, 0.29) is 6.04 Å². The number of nitrogens with zero attached hydrogens (tertiary/aromatic N) is 3. The van der Waals surface area contributed by atoms with Crippen molar-refractivity contribution in [3.8, 4) is 0 Å². The van der Waals surface area contributed by atoms with E-state index in [1.165, 1.54) is 47.0 Å². The Morgan fingerprint density at radius 1 is 1.33 bits per heavy atom. The van der Waals surface area contributed by atoms with Crippen LogP contribution in [-0.4, -0.2) is 20.6 Å². The molecule has 2 aromatic heterocycles. The number of hydrogen-bond donors (Lipinski definition) is 1. The molecule has 4 rings (SSSR count). The number of aromatic nitrogens is 3. The summed E-state index contributed by atoms with van der Waals surface area (Å²) in [6.45, 7) is 4.42. The molecule has 0 aromatic carbocycles. The smallest absolute Gasteiger partial charge is 0.116 e. The highest BCUT2D eigenvalue weighted by Crippen LogP contribution is 2.35. The van der Waals surface area contributed by atoms with Crippen molar-refractivity contribution in [3.63, 3.8) is 0 Å². The summed E-state index contributed by atoms with van der Waals surface area (Å²) >= 11 is 1.90. The third-order valence-corrected chi connectivity index (χ3v) is 5.61. The summed E-state index contributed by atoms with van der Waals surface area (Å²) in [7, 11) is 0. The van der Waals surface area contributed by atoms with Gasteiger partial charge in [0.2, 0.25) is 0 Å². The summed E-state index contributed by atoms with van der Waals surface area (Å²) in [5.74, 6) is 0. The molecule has 1 unspecified atom stereocenters. The maximum atomic E-state index is 4.94. The van der Waals surface area contributed by atoms with E-state index in [2.05, 4.69) is 28.7 Å². The number of thiazole rings is 1. The molecule has 0 aliphatic heterocycles. The van der Waals surface area contributed by atoms with E-state index >= 15 is 0 Å². The van der Waals surface area contributed by atoms with Gasteiger partial charge in [0.25, 0.3) is 0 Å². The predicted octanol–water partition coefficient (Wildman–Crippen LogP) is 3.25. The first-order valence-electron chi connectivity index (χ1n) is 7.98. The second kappa shape index (κ2) is 5.21. The SMILES string of the molecule is CC(C)n1cncc1C(NC1CC1)c1nc2c(s1)CCC2. The van der Waals surface area contributed by atoms with Crippen molar-refractivity contribution in [2.24, 2.45) is 0 Å². The first kappa shape index (κ1) is 13.5. The fraction of sp³-hybridized carbons (Fsp3) is 0.625. The van der Waals surface area contributed by atoms with E-state index in [9.17, 15) is 0 Å². The van der Waals surface area contributed by atoms with Crippen LogP contribution in [0.3, 0.4) is 0 Å². The summed E-state index contributed by atoms with van der Waals surface area (Å²) in [4.78, 5) is 10.8. The van der Waals surface area contributed by atoms with Crippen molar-refractivity contribution in [3.05, 3.63) is 33.8 Å². The molecule has 0 radical (unpaired) electrons.